The van der Waals surface area contributed by atoms with E-state index >= 15 is 0 Å². The molecule has 0 aromatic rings. The molecule has 6 heteroatoms. The van der Waals surface area contributed by atoms with E-state index in [-0.39, 0.29) is 17.7 Å². The minimum Gasteiger partial charge on any atom is -0.372 e. The Kier molecular flexibility index (Phi) is 5.87. The van der Waals surface area contributed by atoms with Crippen LogP contribution in [0.4, 0.5) is 13.2 Å². The summed E-state index contributed by atoms with van der Waals surface area (Å²) in [6.45, 7) is 10.2. The lowest BCUT2D eigenvalue weighted by Crippen LogP contribution is -2.67. The Morgan fingerprint density at radius 3 is 2.45 bits per heavy atom. The average molecular weight is 296 g/mol. The molecule has 3 nitrogen and oxygen atoms in total. The molecule has 1 aliphatic heterocycles. The molecule has 0 aliphatic carbocycles. The molecular weight excluding hydrogens is 269 g/mol. The number of hydrogen-bond acceptors (Lipinski definition) is 3. The molecule has 1 aliphatic rings. The van der Waals surface area contributed by atoms with Crippen molar-refractivity contribution in [1.29, 1.82) is 0 Å². The van der Waals surface area contributed by atoms with Gasteiger partial charge in [0.2, 0.25) is 0 Å². The summed E-state index contributed by atoms with van der Waals surface area (Å²) in [6.07, 6.45) is -2.59. The van der Waals surface area contributed by atoms with Gasteiger partial charge in [-0.25, -0.2) is 0 Å². The van der Waals surface area contributed by atoms with Gasteiger partial charge in [0.05, 0.1) is 0 Å². The molecule has 1 saturated heterocycles. The summed E-state index contributed by atoms with van der Waals surface area (Å²) in [7, 11) is 0. The quantitative estimate of drug-likeness (QED) is 0.763. The summed E-state index contributed by atoms with van der Waals surface area (Å²) < 4.78 is 40.6. The molecule has 1 heterocycles. The maximum Gasteiger partial charge on any atom is 0.411 e. The van der Waals surface area contributed by atoms with Gasteiger partial charge >= 0.3 is 6.18 Å². The summed E-state index contributed by atoms with van der Waals surface area (Å²) in [6, 6.07) is 0. The molecule has 0 aromatic carbocycles. The predicted octanol–water partition coefficient (Wildman–Crippen LogP) is 2.81. The SMILES string of the molecule is CCC1(C)CNC(C)(C)CN1CCCOCC(F)(F)F. The van der Waals surface area contributed by atoms with Crippen LogP contribution in [0.3, 0.4) is 0 Å². The number of nitrogens with one attached hydrogen (secondary N) is 1. The van der Waals surface area contributed by atoms with Gasteiger partial charge in [0.15, 0.2) is 0 Å². The van der Waals surface area contributed by atoms with Crippen LogP contribution >= 0.6 is 0 Å². The molecule has 1 N–H and O–H groups in total. The van der Waals surface area contributed by atoms with Crippen LogP contribution in [0.25, 0.3) is 0 Å². The van der Waals surface area contributed by atoms with Gasteiger partial charge < -0.3 is 10.1 Å². The van der Waals surface area contributed by atoms with Crippen LogP contribution in [-0.2, 0) is 4.74 Å². The number of alkyl halides is 3. The van der Waals surface area contributed by atoms with Crippen molar-refractivity contribution in [3.63, 3.8) is 0 Å². The molecule has 1 atom stereocenters. The summed E-state index contributed by atoms with van der Waals surface area (Å²) in [5, 5.41) is 3.53. The first kappa shape index (κ1) is 17.7. The number of nitrogens with zero attached hydrogens (tertiary/aromatic N) is 1. The van der Waals surface area contributed by atoms with E-state index in [1.165, 1.54) is 0 Å². The molecule has 0 aromatic heterocycles. The zero-order valence-electron chi connectivity index (χ0n) is 12.9. The Labute approximate surface area is 119 Å². The minimum absolute atomic E-state index is 0.0432. The molecule has 1 unspecified atom stereocenters. The summed E-state index contributed by atoms with van der Waals surface area (Å²) in [4.78, 5) is 2.38. The molecule has 1 rings (SSSR count). The van der Waals surface area contributed by atoms with Crippen molar-refractivity contribution in [1.82, 2.24) is 10.2 Å². The smallest absolute Gasteiger partial charge is 0.372 e. The maximum absolute atomic E-state index is 12.0. The largest absolute Gasteiger partial charge is 0.411 e. The van der Waals surface area contributed by atoms with E-state index in [0.29, 0.717) is 6.42 Å². The van der Waals surface area contributed by atoms with Crippen molar-refractivity contribution in [2.24, 2.45) is 0 Å². The van der Waals surface area contributed by atoms with E-state index in [1.807, 2.05) is 0 Å². The molecule has 0 amide bonds. The fourth-order valence-corrected chi connectivity index (χ4v) is 2.51. The van der Waals surface area contributed by atoms with Crippen LogP contribution in [0.1, 0.15) is 40.5 Å². The predicted molar refractivity (Wildman–Crippen MR) is 73.8 cm³/mol. The van der Waals surface area contributed by atoms with Crippen LogP contribution in [0.5, 0.6) is 0 Å². The minimum atomic E-state index is -4.23. The van der Waals surface area contributed by atoms with Gasteiger partial charge in [0.1, 0.15) is 6.61 Å². The van der Waals surface area contributed by atoms with E-state index in [2.05, 4.69) is 42.6 Å². The average Bonchev–Trinajstić information content (AvgIpc) is 2.32. The summed E-state index contributed by atoms with van der Waals surface area (Å²) in [5.41, 5.74) is 0.112. The Morgan fingerprint density at radius 1 is 1.25 bits per heavy atom. The lowest BCUT2D eigenvalue weighted by molar-refractivity contribution is -0.174. The molecule has 0 bridgehead atoms. The van der Waals surface area contributed by atoms with Gasteiger partial charge in [-0.2, -0.15) is 13.2 Å². The molecule has 120 valence electrons. The van der Waals surface area contributed by atoms with Gasteiger partial charge in [-0.05, 0) is 33.6 Å². The highest BCUT2D eigenvalue weighted by atomic mass is 19.4. The Bertz CT molecular complexity index is 307. The lowest BCUT2D eigenvalue weighted by Gasteiger charge is -2.51. The third-order valence-electron chi connectivity index (χ3n) is 4.04. The third kappa shape index (κ3) is 5.58. The second-order valence-corrected chi connectivity index (χ2v) is 6.53. The van der Waals surface area contributed by atoms with Gasteiger partial charge in [-0.3, -0.25) is 4.90 Å². The number of hydrogen-bond donors (Lipinski definition) is 1. The monoisotopic (exact) mass is 296 g/mol. The van der Waals surface area contributed by atoms with E-state index in [1.54, 1.807) is 0 Å². The zero-order valence-corrected chi connectivity index (χ0v) is 12.9. The topological polar surface area (TPSA) is 24.5 Å². The van der Waals surface area contributed by atoms with Gasteiger partial charge in [0, 0.05) is 37.3 Å². The van der Waals surface area contributed by atoms with Crippen molar-refractivity contribution < 1.29 is 17.9 Å². The highest BCUT2D eigenvalue weighted by Gasteiger charge is 2.39. The van der Waals surface area contributed by atoms with Crippen molar-refractivity contribution in [3.05, 3.63) is 0 Å². The lowest BCUT2D eigenvalue weighted by atomic mass is 9.88. The van der Waals surface area contributed by atoms with Gasteiger partial charge in [-0.1, -0.05) is 6.92 Å². The fourth-order valence-electron chi connectivity index (χ4n) is 2.51. The molecule has 1 fully saturated rings. The van der Waals surface area contributed by atoms with Crippen LogP contribution in [0.15, 0.2) is 0 Å². The highest BCUT2D eigenvalue weighted by Crippen LogP contribution is 2.26. The summed E-state index contributed by atoms with van der Waals surface area (Å²) in [5.74, 6) is 0. The van der Waals surface area contributed by atoms with Crippen molar-refractivity contribution >= 4 is 0 Å². The number of halogens is 3. The van der Waals surface area contributed by atoms with Crippen LogP contribution in [0.2, 0.25) is 0 Å². The second-order valence-electron chi connectivity index (χ2n) is 6.53. The Hall–Kier alpha value is -0.330. The molecule has 0 radical (unpaired) electrons. The van der Waals surface area contributed by atoms with E-state index in [4.69, 9.17) is 0 Å². The Morgan fingerprint density at radius 2 is 1.90 bits per heavy atom. The van der Waals surface area contributed by atoms with E-state index < -0.39 is 12.8 Å². The van der Waals surface area contributed by atoms with Gasteiger partial charge in [-0.15, -0.1) is 0 Å². The van der Waals surface area contributed by atoms with Gasteiger partial charge in [0.25, 0.3) is 0 Å². The number of piperazine rings is 1. The third-order valence-corrected chi connectivity index (χ3v) is 4.04. The van der Waals surface area contributed by atoms with Crippen molar-refractivity contribution in [2.45, 2.75) is 57.8 Å². The number of ether oxygens (including phenoxy) is 1. The normalized spacial score (nSPS) is 27.8. The van der Waals surface area contributed by atoms with E-state index in [9.17, 15) is 13.2 Å². The standard InChI is InChI=1S/C14H27F3N2O/c1-5-13(4)9-18-12(2,3)10-19(13)7-6-8-20-11-14(15,16)17/h18H,5-11H2,1-4H3. The first-order valence-electron chi connectivity index (χ1n) is 7.23. The van der Waals surface area contributed by atoms with Crippen LogP contribution in [-0.4, -0.2) is 55.0 Å². The zero-order chi connectivity index (χ0) is 15.4. The van der Waals surface area contributed by atoms with Crippen molar-refractivity contribution in [3.8, 4) is 0 Å². The molecule has 0 spiro atoms. The first-order valence-corrected chi connectivity index (χ1v) is 7.23. The highest BCUT2D eigenvalue weighted by molar-refractivity contribution is 4.99. The first-order chi connectivity index (χ1) is 9.08. The molecule has 0 saturated carbocycles. The molecular formula is C14H27F3N2O. The molecule has 20 heavy (non-hydrogen) atoms. The van der Waals surface area contributed by atoms with Crippen LogP contribution < -0.4 is 5.32 Å². The summed E-state index contributed by atoms with van der Waals surface area (Å²) >= 11 is 0. The fraction of sp³-hybridized carbons (Fsp3) is 1.00. The maximum atomic E-state index is 12.0. The number of rotatable bonds is 6. The van der Waals surface area contributed by atoms with Crippen molar-refractivity contribution in [2.75, 3.05) is 32.8 Å². The van der Waals surface area contributed by atoms with E-state index in [0.717, 1.165) is 26.1 Å². The second kappa shape index (κ2) is 6.62. The Balaban J connectivity index is 2.39. The van der Waals surface area contributed by atoms with Crippen LogP contribution in [0, 0.1) is 0 Å².